The first-order chi connectivity index (χ1) is 20.9. The van der Waals surface area contributed by atoms with Crippen molar-refractivity contribution < 1.29 is 31.4 Å². The second-order valence-corrected chi connectivity index (χ2v) is 15.8. The van der Waals surface area contributed by atoms with Gasteiger partial charge >= 0.3 is 0 Å². The lowest BCUT2D eigenvalue weighted by Crippen LogP contribution is -2.47. The van der Waals surface area contributed by atoms with E-state index in [1.54, 1.807) is 41.6 Å². The van der Waals surface area contributed by atoms with E-state index < -0.39 is 26.2 Å². The topological polar surface area (TPSA) is 125 Å². The van der Waals surface area contributed by atoms with E-state index in [2.05, 4.69) is 5.32 Å². The lowest BCUT2D eigenvalue weighted by molar-refractivity contribution is -0.0312. The molecule has 0 aromatic heterocycles. The van der Waals surface area contributed by atoms with Crippen LogP contribution in [0.5, 0.6) is 5.75 Å². The predicted octanol–water partition coefficient (Wildman–Crippen LogP) is 3.60. The van der Waals surface area contributed by atoms with Gasteiger partial charge in [0.25, 0.3) is 0 Å². The average Bonchev–Trinajstić information content (AvgIpc) is 3.41. The van der Waals surface area contributed by atoms with Crippen molar-refractivity contribution in [2.45, 2.75) is 73.6 Å². The van der Waals surface area contributed by atoms with Gasteiger partial charge in [0.05, 0.1) is 22.0 Å². The Morgan fingerprint density at radius 3 is 2.43 bits per heavy atom. The SMILES string of the molecule is CCN(C(C)C)S(=O)(=O)c1cccc(OC[C@@H](O)CNC2COC3(CCN(S(=O)(=O)c4ccc5ccccc5c4)CC3)C2)c1. The number of hydrogen-bond donors (Lipinski definition) is 2. The molecule has 0 saturated carbocycles. The van der Waals surface area contributed by atoms with Gasteiger partial charge in [0, 0.05) is 44.3 Å². The summed E-state index contributed by atoms with van der Waals surface area (Å²) in [6, 6.07) is 19.2. The number of sulfonamides is 2. The van der Waals surface area contributed by atoms with Gasteiger partial charge in [-0.05, 0) is 68.1 Å². The molecular weight excluding hydrogens is 603 g/mol. The Labute approximate surface area is 261 Å². The molecule has 2 fully saturated rings. The lowest BCUT2D eigenvalue weighted by atomic mass is 9.88. The maximum Gasteiger partial charge on any atom is 0.243 e. The minimum absolute atomic E-state index is 0.00150. The summed E-state index contributed by atoms with van der Waals surface area (Å²) >= 11 is 0. The van der Waals surface area contributed by atoms with Gasteiger partial charge in [0.15, 0.2) is 0 Å². The molecule has 1 spiro atoms. The molecule has 5 rings (SSSR count). The van der Waals surface area contributed by atoms with Crippen molar-refractivity contribution in [3.8, 4) is 5.75 Å². The lowest BCUT2D eigenvalue weighted by Gasteiger charge is -2.38. The quantitative estimate of drug-likeness (QED) is 0.306. The minimum Gasteiger partial charge on any atom is -0.491 e. The maximum absolute atomic E-state index is 13.4. The average molecular weight is 646 g/mol. The predicted molar refractivity (Wildman–Crippen MR) is 170 cm³/mol. The Hall–Kier alpha value is -2.58. The normalized spacial score (nSPS) is 20.1. The number of piperidine rings is 1. The van der Waals surface area contributed by atoms with Crippen LogP contribution in [-0.4, -0.2) is 93.7 Å². The van der Waals surface area contributed by atoms with Crippen LogP contribution < -0.4 is 10.1 Å². The molecule has 0 amide bonds. The van der Waals surface area contributed by atoms with Gasteiger partial charge in [-0.25, -0.2) is 16.8 Å². The molecule has 2 saturated heterocycles. The number of fused-ring (bicyclic) bond motifs is 1. The fourth-order valence-corrected chi connectivity index (χ4v) is 9.32. The van der Waals surface area contributed by atoms with Crippen molar-refractivity contribution in [3.05, 3.63) is 66.7 Å². The number of hydrogen-bond acceptors (Lipinski definition) is 8. The molecule has 2 N–H and O–H groups in total. The number of aliphatic hydroxyl groups excluding tert-OH is 1. The van der Waals surface area contributed by atoms with Crippen LogP contribution in [0.1, 0.15) is 40.0 Å². The Morgan fingerprint density at radius 2 is 1.73 bits per heavy atom. The molecule has 2 heterocycles. The van der Waals surface area contributed by atoms with E-state index in [0.29, 0.717) is 49.7 Å². The number of ether oxygens (including phenoxy) is 2. The highest BCUT2D eigenvalue weighted by Gasteiger charge is 2.44. The summed E-state index contributed by atoms with van der Waals surface area (Å²) in [5.74, 6) is 0.374. The van der Waals surface area contributed by atoms with Gasteiger partial charge in [-0.1, -0.05) is 43.3 Å². The van der Waals surface area contributed by atoms with Crippen LogP contribution in [0.25, 0.3) is 10.8 Å². The second-order valence-electron chi connectivity index (χ2n) is 12.0. The highest BCUT2D eigenvalue weighted by molar-refractivity contribution is 7.89. The first-order valence-corrected chi connectivity index (χ1v) is 18.1. The van der Waals surface area contributed by atoms with Crippen molar-refractivity contribution >= 4 is 30.8 Å². The molecule has 44 heavy (non-hydrogen) atoms. The van der Waals surface area contributed by atoms with Crippen LogP contribution in [0.15, 0.2) is 76.5 Å². The third-order valence-corrected chi connectivity index (χ3v) is 12.6. The molecule has 0 aliphatic carbocycles. The zero-order valence-electron chi connectivity index (χ0n) is 25.6. The Kier molecular flexibility index (Phi) is 10.0. The molecular formula is C32H43N3O7S2. The Morgan fingerprint density at radius 1 is 1.00 bits per heavy atom. The highest BCUT2D eigenvalue weighted by Crippen LogP contribution is 2.37. The molecule has 2 atom stereocenters. The van der Waals surface area contributed by atoms with Gasteiger partial charge in [0.1, 0.15) is 18.5 Å². The molecule has 0 bridgehead atoms. The summed E-state index contributed by atoms with van der Waals surface area (Å²) < 4.78 is 67.7. The summed E-state index contributed by atoms with van der Waals surface area (Å²) in [4.78, 5) is 0.463. The van der Waals surface area contributed by atoms with Gasteiger partial charge in [-0.3, -0.25) is 0 Å². The first-order valence-electron chi connectivity index (χ1n) is 15.2. The van der Waals surface area contributed by atoms with Crippen LogP contribution in [-0.2, 0) is 24.8 Å². The van der Waals surface area contributed by atoms with Gasteiger partial charge in [-0.2, -0.15) is 8.61 Å². The van der Waals surface area contributed by atoms with Crippen molar-refractivity contribution in [2.75, 3.05) is 39.4 Å². The van der Waals surface area contributed by atoms with Crippen molar-refractivity contribution in [1.82, 2.24) is 13.9 Å². The fraction of sp³-hybridized carbons (Fsp3) is 0.500. The van der Waals surface area contributed by atoms with E-state index >= 15 is 0 Å². The van der Waals surface area contributed by atoms with E-state index in [4.69, 9.17) is 9.47 Å². The summed E-state index contributed by atoms with van der Waals surface area (Å²) in [6.07, 6.45) is 1.13. The van der Waals surface area contributed by atoms with E-state index in [-0.39, 0.29) is 35.7 Å². The zero-order valence-corrected chi connectivity index (χ0v) is 27.2. The Balaban J connectivity index is 1.09. The summed E-state index contributed by atoms with van der Waals surface area (Å²) in [7, 11) is -7.26. The van der Waals surface area contributed by atoms with Gasteiger partial charge in [-0.15, -0.1) is 0 Å². The Bertz CT molecular complexity index is 1660. The van der Waals surface area contributed by atoms with E-state index in [0.717, 1.165) is 17.2 Å². The molecule has 240 valence electrons. The molecule has 3 aromatic rings. The fourth-order valence-electron chi connectivity index (χ4n) is 6.16. The standard InChI is InChI=1S/C32H43N3O7S2/c1-4-35(24(2)3)44(39,40)30-11-7-10-29(19-30)41-23-28(36)21-33-27-20-32(42-22-27)14-16-34(17-15-32)43(37,38)31-13-12-25-8-5-6-9-26(25)18-31/h5-13,18-19,24,27-28,33,36H,4,14-17,20-23H2,1-3H3/t27?,28-/m0/s1. The maximum atomic E-state index is 13.4. The first kappa shape index (κ1) is 32.8. The number of nitrogens with one attached hydrogen (secondary N) is 1. The third kappa shape index (κ3) is 7.12. The molecule has 10 nitrogen and oxygen atoms in total. The number of rotatable bonds is 12. The third-order valence-electron chi connectivity index (χ3n) is 8.59. The van der Waals surface area contributed by atoms with Crippen LogP contribution in [0.3, 0.4) is 0 Å². The van der Waals surface area contributed by atoms with Crippen LogP contribution in [0.2, 0.25) is 0 Å². The van der Waals surface area contributed by atoms with Crippen LogP contribution in [0.4, 0.5) is 0 Å². The molecule has 12 heteroatoms. The van der Waals surface area contributed by atoms with Crippen molar-refractivity contribution in [1.29, 1.82) is 0 Å². The van der Waals surface area contributed by atoms with Crippen LogP contribution in [0, 0.1) is 0 Å². The van der Waals surface area contributed by atoms with Gasteiger partial charge in [0.2, 0.25) is 20.0 Å². The molecule has 0 radical (unpaired) electrons. The van der Waals surface area contributed by atoms with Gasteiger partial charge < -0.3 is 19.9 Å². The largest absolute Gasteiger partial charge is 0.491 e. The van der Waals surface area contributed by atoms with Crippen LogP contribution >= 0.6 is 0 Å². The highest BCUT2D eigenvalue weighted by atomic mass is 32.2. The molecule has 2 aliphatic heterocycles. The van der Waals surface area contributed by atoms with E-state index in [1.807, 2.05) is 44.2 Å². The molecule has 2 aliphatic rings. The van der Waals surface area contributed by atoms with Crippen molar-refractivity contribution in [3.63, 3.8) is 0 Å². The zero-order chi connectivity index (χ0) is 31.5. The smallest absolute Gasteiger partial charge is 0.243 e. The monoisotopic (exact) mass is 645 g/mol. The van der Waals surface area contributed by atoms with Crippen molar-refractivity contribution in [2.24, 2.45) is 0 Å². The summed E-state index contributed by atoms with van der Waals surface area (Å²) in [5, 5.41) is 15.8. The number of benzene rings is 3. The molecule has 1 unspecified atom stereocenters. The second kappa shape index (κ2) is 13.4. The van der Waals surface area contributed by atoms with E-state index in [9.17, 15) is 21.9 Å². The van der Waals surface area contributed by atoms with E-state index in [1.165, 1.54) is 10.4 Å². The summed E-state index contributed by atoms with van der Waals surface area (Å²) in [6.45, 7) is 7.38. The summed E-state index contributed by atoms with van der Waals surface area (Å²) in [5.41, 5.74) is -0.386. The number of aliphatic hydroxyl groups is 1. The minimum atomic E-state index is -3.65. The number of nitrogens with zero attached hydrogens (tertiary/aromatic N) is 2. The molecule has 3 aromatic carbocycles.